The Labute approximate surface area is 85.3 Å². The zero-order valence-corrected chi connectivity index (χ0v) is 7.87. The number of alkyl halides is 3. The van der Waals surface area contributed by atoms with Crippen molar-refractivity contribution in [3.63, 3.8) is 0 Å². The summed E-state index contributed by atoms with van der Waals surface area (Å²) in [5, 5.41) is 8.52. The molecule has 0 saturated carbocycles. The zero-order chi connectivity index (χ0) is 11.3. The third kappa shape index (κ3) is 4.31. The number of aliphatic hydroxyl groups is 1. The molecule has 0 saturated heterocycles. The highest BCUT2D eigenvalue weighted by molar-refractivity contribution is 5.14. The Morgan fingerprint density at radius 1 is 1.20 bits per heavy atom. The molecule has 0 bridgehead atoms. The highest BCUT2D eigenvalue weighted by atomic mass is 19.4. The predicted octanol–water partition coefficient (Wildman–Crippen LogP) is 2.13. The van der Waals surface area contributed by atoms with Gasteiger partial charge in [0.2, 0.25) is 0 Å². The van der Waals surface area contributed by atoms with Crippen LogP contribution in [0.25, 0.3) is 0 Å². The highest BCUT2D eigenvalue weighted by Crippen LogP contribution is 2.20. The molecule has 0 aliphatic heterocycles. The first kappa shape index (κ1) is 12.0. The van der Waals surface area contributed by atoms with Crippen LogP contribution in [-0.4, -0.2) is 24.2 Å². The average Bonchev–Trinajstić information content (AvgIpc) is 2.18. The number of hydrogen-bond donors (Lipinski definition) is 1. The zero-order valence-electron chi connectivity index (χ0n) is 7.87. The standard InChI is InChI=1S/C10H11F3O2/c11-10(12,13)9(14)15-7-6-8-4-2-1-3-5-8/h1-5,9,14H,6-7H2/t9-/m1/s1. The summed E-state index contributed by atoms with van der Waals surface area (Å²) < 4.78 is 39.6. The maximum atomic E-state index is 11.8. The fraction of sp³-hybridized carbons (Fsp3) is 0.400. The monoisotopic (exact) mass is 220 g/mol. The van der Waals surface area contributed by atoms with Crippen LogP contribution in [0.15, 0.2) is 30.3 Å². The minimum atomic E-state index is -4.71. The largest absolute Gasteiger partial charge is 0.439 e. The summed E-state index contributed by atoms with van der Waals surface area (Å²) in [5.74, 6) is 0. The summed E-state index contributed by atoms with van der Waals surface area (Å²) in [4.78, 5) is 0. The van der Waals surface area contributed by atoms with Crippen LogP contribution in [0.3, 0.4) is 0 Å². The van der Waals surface area contributed by atoms with Crippen LogP contribution in [0.1, 0.15) is 5.56 Å². The van der Waals surface area contributed by atoms with E-state index in [0.29, 0.717) is 6.42 Å². The first-order valence-electron chi connectivity index (χ1n) is 4.40. The summed E-state index contributed by atoms with van der Waals surface area (Å²) in [7, 11) is 0. The quantitative estimate of drug-likeness (QED) is 0.787. The van der Waals surface area contributed by atoms with Crippen LogP contribution < -0.4 is 0 Å². The van der Waals surface area contributed by atoms with E-state index in [1.54, 1.807) is 24.3 Å². The molecule has 15 heavy (non-hydrogen) atoms. The van der Waals surface area contributed by atoms with Gasteiger partial charge in [-0.3, -0.25) is 0 Å². The molecule has 1 N–H and O–H groups in total. The van der Waals surface area contributed by atoms with Gasteiger partial charge in [-0.1, -0.05) is 30.3 Å². The normalized spacial score (nSPS) is 13.9. The minimum Gasteiger partial charge on any atom is -0.361 e. The first-order valence-corrected chi connectivity index (χ1v) is 4.40. The lowest BCUT2D eigenvalue weighted by Crippen LogP contribution is -2.31. The number of ether oxygens (including phenoxy) is 1. The van der Waals surface area contributed by atoms with E-state index in [1.165, 1.54) is 0 Å². The van der Waals surface area contributed by atoms with Crippen LogP contribution in [0.2, 0.25) is 0 Å². The molecule has 0 radical (unpaired) electrons. The lowest BCUT2D eigenvalue weighted by molar-refractivity contribution is -0.293. The maximum Gasteiger partial charge on any atom is 0.439 e. The molecule has 0 amide bonds. The van der Waals surface area contributed by atoms with Crippen molar-refractivity contribution in [1.29, 1.82) is 0 Å². The fourth-order valence-corrected chi connectivity index (χ4v) is 1.03. The van der Waals surface area contributed by atoms with Gasteiger partial charge < -0.3 is 9.84 Å². The van der Waals surface area contributed by atoms with Crippen molar-refractivity contribution in [3.8, 4) is 0 Å². The van der Waals surface area contributed by atoms with Crippen molar-refractivity contribution in [2.45, 2.75) is 18.9 Å². The fourth-order valence-electron chi connectivity index (χ4n) is 1.03. The Morgan fingerprint density at radius 3 is 2.33 bits per heavy atom. The van der Waals surface area contributed by atoms with Crippen LogP contribution >= 0.6 is 0 Å². The van der Waals surface area contributed by atoms with Gasteiger partial charge in [0.15, 0.2) is 0 Å². The molecule has 1 atom stereocenters. The molecular weight excluding hydrogens is 209 g/mol. The molecule has 5 heteroatoms. The molecule has 0 aromatic heterocycles. The van der Waals surface area contributed by atoms with Gasteiger partial charge in [0.05, 0.1) is 6.61 Å². The Morgan fingerprint density at radius 2 is 1.80 bits per heavy atom. The van der Waals surface area contributed by atoms with E-state index < -0.39 is 12.5 Å². The summed E-state index contributed by atoms with van der Waals surface area (Å²) in [6.45, 7) is -0.162. The Kier molecular flexibility index (Phi) is 4.11. The molecule has 0 fully saturated rings. The van der Waals surface area contributed by atoms with E-state index in [2.05, 4.69) is 4.74 Å². The molecule has 1 aromatic rings. The summed E-state index contributed by atoms with van der Waals surface area (Å²) in [6.07, 6.45) is -7.06. The Bertz CT molecular complexity index is 284. The molecular formula is C10H11F3O2. The number of aliphatic hydroxyl groups excluding tert-OH is 1. The third-order valence-electron chi connectivity index (χ3n) is 1.79. The number of benzene rings is 1. The van der Waals surface area contributed by atoms with Gasteiger partial charge in [-0.05, 0) is 12.0 Å². The molecule has 2 nitrogen and oxygen atoms in total. The average molecular weight is 220 g/mol. The first-order chi connectivity index (χ1) is 7.00. The summed E-state index contributed by atoms with van der Waals surface area (Å²) in [5.41, 5.74) is 0.867. The lowest BCUT2D eigenvalue weighted by atomic mass is 10.2. The van der Waals surface area contributed by atoms with Gasteiger partial charge in [-0.2, -0.15) is 13.2 Å². The van der Waals surface area contributed by atoms with Crippen molar-refractivity contribution in [3.05, 3.63) is 35.9 Å². The molecule has 0 aliphatic rings. The van der Waals surface area contributed by atoms with Crippen LogP contribution in [0, 0.1) is 0 Å². The number of hydrogen-bond acceptors (Lipinski definition) is 2. The second-order valence-corrected chi connectivity index (χ2v) is 3.00. The Balaban J connectivity index is 2.28. The van der Waals surface area contributed by atoms with Crippen LogP contribution in [0.4, 0.5) is 13.2 Å². The van der Waals surface area contributed by atoms with Crippen molar-refractivity contribution >= 4 is 0 Å². The van der Waals surface area contributed by atoms with E-state index in [9.17, 15) is 13.2 Å². The molecule has 1 rings (SSSR count). The lowest BCUT2D eigenvalue weighted by Gasteiger charge is -2.14. The van der Waals surface area contributed by atoms with Gasteiger partial charge in [0.25, 0.3) is 6.29 Å². The highest BCUT2D eigenvalue weighted by Gasteiger charge is 2.39. The van der Waals surface area contributed by atoms with Crippen LogP contribution in [0.5, 0.6) is 0 Å². The smallest absolute Gasteiger partial charge is 0.361 e. The molecule has 0 aliphatic carbocycles. The van der Waals surface area contributed by atoms with E-state index in [1.807, 2.05) is 6.07 Å². The minimum absolute atomic E-state index is 0.162. The van der Waals surface area contributed by atoms with Crippen molar-refractivity contribution < 1.29 is 23.0 Å². The predicted molar refractivity (Wildman–Crippen MR) is 48.2 cm³/mol. The summed E-state index contributed by atoms with van der Waals surface area (Å²) >= 11 is 0. The van der Waals surface area contributed by atoms with Crippen molar-refractivity contribution in [2.24, 2.45) is 0 Å². The second-order valence-electron chi connectivity index (χ2n) is 3.00. The van der Waals surface area contributed by atoms with E-state index >= 15 is 0 Å². The van der Waals surface area contributed by atoms with Gasteiger partial charge in [0, 0.05) is 0 Å². The van der Waals surface area contributed by atoms with Crippen LogP contribution in [-0.2, 0) is 11.2 Å². The van der Waals surface area contributed by atoms with Gasteiger partial charge >= 0.3 is 6.18 Å². The number of halogens is 3. The van der Waals surface area contributed by atoms with E-state index in [4.69, 9.17) is 5.11 Å². The van der Waals surface area contributed by atoms with Gasteiger partial charge in [-0.15, -0.1) is 0 Å². The topological polar surface area (TPSA) is 29.5 Å². The maximum absolute atomic E-state index is 11.8. The molecule has 1 aromatic carbocycles. The molecule has 0 spiro atoms. The molecule has 84 valence electrons. The van der Waals surface area contributed by atoms with Crippen molar-refractivity contribution in [2.75, 3.05) is 6.61 Å². The molecule has 0 unspecified atom stereocenters. The summed E-state index contributed by atoms with van der Waals surface area (Å²) in [6, 6.07) is 8.95. The van der Waals surface area contributed by atoms with E-state index in [0.717, 1.165) is 5.56 Å². The second kappa shape index (κ2) is 5.14. The Hall–Kier alpha value is -1.07. The van der Waals surface area contributed by atoms with Gasteiger partial charge in [0.1, 0.15) is 0 Å². The SMILES string of the molecule is O[C@H](OCCc1ccccc1)C(F)(F)F. The van der Waals surface area contributed by atoms with Gasteiger partial charge in [-0.25, -0.2) is 0 Å². The van der Waals surface area contributed by atoms with Crippen molar-refractivity contribution in [1.82, 2.24) is 0 Å². The molecule has 0 heterocycles. The third-order valence-corrected chi connectivity index (χ3v) is 1.79. The number of rotatable bonds is 4. The van der Waals surface area contributed by atoms with E-state index in [-0.39, 0.29) is 6.61 Å².